The molecule has 1 aromatic heterocycles. The van der Waals surface area contributed by atoms with Gasteiger partial charge in [0.05, 0.1) is 18.7 Å². The number of hydrogen-bond donors (Lipinski definition) is 0. The summed E-state index contributed by atoms with van der Waals surface area (Å²) in [6, 6.07) is 21.8. The molecular formula is C36H55N2+. The monoisotopic (exact) mass is 515 g/mol. The first-order valence-electron chi connectivity index (χ1n) is 16.1. The van der Waals surface area contributed by atoms with Gasteiger partial charge in [0.25, 0.3) is 5.82 Å². The Morgan fingerprint density at radius 2 is 1.05 bits per heavy atom. The molecule has 2 aromatic carbocycles. The van der Waals surface area contributed by atoms with E-state index in [0.29, 0.717) is 0 Å². The van der Waals surface area contributed by atoms with Crippen molar-refractivity contribution in [3.05, 3.63) is 78.6 Å². The Balaban J connectivity index is 1.28. The number of benzene rings is 2. The molecule has 0 aliphatic carbocycles. The summed E-state index contributed by atoms with van der Waals surface area (Å²) in [5.41, 5.74) is 2.76. The van der Waals surface area contributed by atoms with Crippen LogP contribution in [0.4, 0.5) is 0 Å². The molecule has 2 nitrogen and oxygen atoms in total. The third-order valence-corrected chi connectivity index (χ3v) is 7.96. The Morgan fingerprint density at radius 3 is 1.61 bits per heavy atom. The fourth-order valence-corrected chi connectivity index (χ4v) is 5.68. The summed E-state index contributed by atoms with van der Waals surface area (Å²) < 4.78 is 4.95. The molecular weight excluding hydrogens is 460 g/mol. The maximum atomic E-state index is 2.49. The molecule has 0 radical (unpaired) electrons. The zero-order valence-corrected chi connectivity index (χ0v) is 24.5. The molecule has 3 aromatic rings. The minimum absolute atomic E-state index is 1.06. The highest BCUT2D eigenvalue weighted by Gasteiger charge is 2.18. The molecule has 0 saturated heterocycles. The van der Waals surface area contributed by atoms with E-state index < -0.39 is 0 Å². The van der Waals surface area contributed by atoms with Crippen LogP contribution in [0.2, 0.25) is 0 Å². The van der Waals surface area contributed by atoms with Gasteiger partial charge in [-0.25, -0.2) is 9.13 Å². The molecule has 2 heteroatoms. The van der Waals surface area contributed by atoms with E-state index in [4.69, 9.17) is 0 Å². The van der Waals surface area contributed by atoms with Gasteiger partial charge >= 0.3 is 0 Å². The fourth-order valence-electron chi connectivity index (χ4n) is 5.68. The summed E-state index contributed by atoms with van der Waals surface area (Å²) >= 11 is 0. The molecule has 3 rings (SSSR count). The number of aryl methyl sites for hydroxylation is 3. The third-order valence-electron chi connectivity index (χ3n) is 7.96. The van der Waals surface area contributed by atoms with Crippen molar-refractivity contribution >= 4 is 0 Å². The van der Waals surface area contributed by atoms with E-state index in [0.717, 1.165) is 25.9 Å². The van der Waals surface area contributed by atoms with Crippen LogP contribution in [0.3, 0.4) is 0 Å². The topological polar surface area (TPSA) is 8.81 Å². The minimum Gasteiger partial charge on any atom is -0.230 e. The van der Waals surface area contributed by atoms with E-state index >= 15 is 0 Å². The van der Waals surface area contributed by atoms with Crippen LogP contribution in [0.5, 0.6) is 0 Å². The second-order valence-electron chi connectivity index (χ2n) is 11.3. The molecule has 0 fully saturated rings. The highest BCUT2D eigenvalue weighted by atomic mass is 15.1. The largest absolute Gasteiger partial charge is 0.288 e. The van der Waals surface area contributed by atoms with Crippen LogP contribution >= 0.6 is 0 Å². The summed E-state index contributed by atoms with van der Waals surface area (Å²) in [6.07, 6.45) is 29.6. The fraction of sp³-hybridized carbons (Fsp3) is 0.583. The molecule has 0 atom stereocenters. The molecule has 0 aliphatic heterocycles. The lowest BCUT2D eigenvalue weighted by atomic mass is 10.0. The lowest BCUT2D eigenvalue weighted by molar-refractivity contribution is -0.685. The average molecular weight is 516 g/mol. The Hall–Kier alpha value is -2.35. The Morgan fingerprint density at radius 1 is 0.553 bits per heavy atom. The quantitative estimate of drug-likeness (QED) is 0.0929. The second kappa shape index (κ2) is 19.7. The van der Waals surface area contributed by atoms with Crippen molar-refractivity contribution < 1.29 is 4.57 Å². The van der Waals surface area contributed by atoms with E-state index in [9.17, 15) is 0 Å². The zero-order chi connectivity index (χ0) is 26.5. The number of aromatic nitrogens is 2. The maximum absolute atomic E-state index is 2.49. The van der Waals surface area contributed by atoms with Gasteiger partial charge in [0.1, 0.15) is 12.4 Å². The Labute approximate surface area is 234 Å². The molecule has 0 unspecified atom stereocenters. The lowest BCUT2D eigenvalue weighted by Crippen LogP contribution is -2.35. The van der Waals surface area contributed by atoms with Gasteiger partial charge in [0.15, 0.2) is 0 Å². The number of rotatable bonds is 22. The molecule has 0 bridgehead atoms. The second-order valence-corrected chi connectivity index (χ2v) is 11.3. The van der Waals surface area contributed by atoms with E-state index in [1.165, 1.54) is 120 Å². The maximum Gasteiger partial charge on any atom is 0.288 e. The first kappa shape index (κ1) is 30.2. The highest BCUT2D eigenvalue weighted by molar-refractivity contribution is 5.52. The van der Waals surface area contributed by atoms with Gasteiger partial charge in [-0.05, 0) is 43.4 Å². The van der Waals surface area contributed by atoms with Crippen molar-refractivity contribution in [1.29, 1.82) is 0 Å². The van der Waals surface area contributed by atoms with Crippen LogP contribution in [-0.4, -0.2) is 4.57 Å². The normalized spacial score (nSPS) is 11.3. The van der Waals surface area contributed by atoms with Crippen molar-refractivity contribution in [2.45, 2.75) is 136 Å². The van der Waals surface area contributed by atoms with Crippen LogP contribution in [0, 0.1) is 0 Å². The number of imidazole rings is 1. The van der Waals surface area contributed by atoms with Gasteiger partial charge in [-0.15, -0.1) is 0 Å². The summed E-state index contributed by atoms with van der Waals surface area (Å²) in [7, 11) is 0. The van der Waals surface area contributed by atoms with Gasteiger partial charge in [-0.2, -0.15) is 0 Å². The van der Waals surface area contributed by atoms with Crippen molar-refractivity contribution in [1.82, 2.24) is 4.57 Å². The first-order chi connectivity index (χ1) is 18.9. The van der Waals surface area contributed by atoms with Crippen LogP contribution in [0.1, 0.15) is 122 Å². The Kier molecular flexibility index (Phi) is 15.6. The molecule has 0 saturated carbocycles. The molecule has 0 amide bonds. The first-order valence-corrected chi connectivity index (χ1v) is 16.1. The van der Waals surface area contributed by atoms with Crippen LogP contribution in [0.25, 0.3) is 11.4 Å². The van der Waals surface area contributed by atoms with Crippen molar-refractivity contribution in [3.63, 3.8) is 0 Å². The standard InChI is InChI=1S/C36H55N2/c1-2-3-4-5-6-7-8-9-10-11-12-13-14-15-16-23-30-37-32-33-38(36(37)35-28-21-18-22-29-35)31-24-27-34-25-19-17-20-26-34/h17-22,25-26,28-29,32-33H,2-16,23-24,27,30-31H2,1H3/q+1. The SMILES string of the molecule is CCCCCCCCCCCCCCCCCCn1cc[n+](CCCc2ccccc2)c1-c1ccccc1. The van der Waals surface area contributed by atoms with Crippen LogP contribution < -0.4 is 4.57 Å². The number of hydrogen-bond acceptors (Lipinski definition) is 0. The highest BCUT2D eigenvalue weighted by Crippen LogP contribution is 2.18. The van der Waals surface area contributed by atoms with Gasteiger partial charge < -0.3 is 0 Å². The van der Waals surface area contributed by atoms with E-state index in [1.54, 1.807) is 0 Å². The van der Waals surface area contributed by atoms with E-state index in [-0.39, 0.29) is 0 Å². The number of nitrogens with zero attached hydrogens (tertiary/aromatic N) is 2. The predicted molar refractivity (Wildman–Crippen MR) is 164 cm³/mol. The average Bonchev–Trinajstić information content (AvgIpc) is 3.36. The summed E-state index contributed by atoms with van der Waals surface area (Å²) in [4.78, 5) is 0. The van der Waals surface area contributed by atoms with Gasteiger partial charge in [-0.3, -0.25) is 0 Å². The Bertz CT molecular complexity index is 944. The van der Waals surface area contributed by atoms with Crippen LogP contribution in [-0.2, 0) is 19.5 Å². The number of unbranched alkanes of at least 4 members (excludes halogenated alkanes) is 15. The smallest absolute Gasteiger partial charge is 0.230 e. The lowest BCUT2D eigenvalue weighted by Gasteiger charge is -2.07. The third kappa shape index (κ3) is 12.0. The molecule has 0 N–H and O–H groups in total. The molecule has 0 aliphatic rings. The van der Waals surface area contributed by atoms with Crippen LogP contribution in [0.15, 0.2) is 73.1 Å². The van der Waals surface area contributed by atoms with Gasteiger partial charge in [0.2, 0.25) is 0 Å². The summed E-state index contributed by atoms with van der Waals surface area (Å²) in [6.45, 7) is 4.48. The molecule has 38 heavy (non-hydrogen) atoms. The minimum atomic E-state index is 1.06. The molecule has 1 heterocycles. The zero-order valence-electron chi connectivity index (χ0n) is 24.5. The van der Waals surface area contributed by atoms with Crippen molar-refractivity contribution in [2.24, 2.45) is 0 Å². The van der Waals surface area contributed by atoms with E-state index in [1.807, 2.05) is 0 Å². The van der Waals surface area contributed by atoms with E-state index in [2.05, 4.69) is 89.1 Å². The van der Waals surface area contributed by atoms with Gasteiger partial charge in [-0.1, -0.05) is 145 Å². The molecule has 0 spiro atoms. The summed E-state index contributed by atoms with van der Waals surface area (Å²) in [5, 5.41) is 0. The predicted octanol–water partition coefficient (Wildman–Crippen LogP) is 10.3. The van der Waals surface area contributed by atoms with Crippen molar-refractivity contribution in [3.8, 4) is 11.4 Å². The summed E-state index contributed by atoms with van der Waals surface area (Å²) in [5.74, 6) is 1.36. The van der Waals surface area contributed by atoms with Crippen molar-refractivity contribution in [2.75, 3.05) is 0 Å². The van der Waals surface area contributed by atoms with Gasteiger partial charge in [0, 0.05) is 0 Å². The molecule has 208 valence electrons.